The largest absolute Gasteiger partial charge is 1.00 e. The van der Waals surface area contributed by atoms with Gasteiger partial charge in [-0.25, -0.2) is 8.42 Å². The number of rotatable bonds is 6. The maximum Gasteiger partial charge on any atom is 1.00 e. The van der Waals surface area contributed by atoms with Crippen molar-refractivity contribution in [2.45, 2.75) is 19.8 Å². The van der Waals surface area contributed by atoms with Crippen molar-refractivity contribution in [3.63, 3.8) is 0 Å². The fourth-order valence-electron chi connectivity index (χ4n) is 0.794. The minimum atomic E-state index is -4.12. The van der Waals surface area contributed by atoms with Crippen molar-refractivity contribution in [1.29, 1.82) is 0 Å². The fraction of sp³-hybridized carbons (Fsp3) is 1.00. The van der Waals surface area contributed by atoms with Crippen LogP contribution in [0.15, 0.2) is 0 Å². The first-order valence-electron chi connectivity index (χ1n) is 3.83. The van der Waals surface area contributed by atoms with Gasteiger partial charge >= 0.3 is 29.6 Å². The number of hydrogen-bond acceptors (Lipinski definition) is 5. The molecular formula is C6H14NNaO4S. The van der Waals surface area contributed by atoms with Crippen molar-refractivity contribution in [3.05, 3.63) is 0 Å². The summed E-state index contributed by atoms with van der Waals surface area (Å²) in [6.07, 6.45) is 0.975. The zero-order valence-electron chi connectivity index (χ0n) is 8.06. The van der Waals surface area contributed by atoms with E-state index in [1.54, 1.807) is 0 Å². The smallest absolute Gasteiger partial charge is 0.748 e. The first-order valence-corrected chi connectivity index (χ1v) is 5.41. The van der Waals surface area contributed by atoms with Crippen LogP contribution in [0.2, 0.25) is 0 Å². The molecule has 0 saturated carbocycles. The molecule has 0 rings (SSSR count). The molecule has 0 unspecified atom stereocenters. The van der Waals surface area contributed by atoms with Crippen molar-refractivity contribution in [1.82, 2.24) is 5.06 Å². The van der Waals surface area contributed by atoms with Crippen LogP contribution in [0.4, 0.5) is 0 Å². The second-order valence-electron chi connectivity index (χ2n) is 2.57. The Morgan fingerprint density at radius 3 is 2.31 bits per heavy atom. The molecule has 0 fully saturated rings. The first-order chi connectivity index (χ1) is 5.45. The summed E-state index contributed by atoms with van der Waals surface area (Å²) in [7, 11) is -4.12. The molecule has 0 aromatic rings. The minimum Gasteiger partial charge on any atom is -0.748 e. The van der Waals surface area contributed by atoms with Crippen LogP contribution in [-0.4, -0.2) is 42.1 Å². The molecule has 0 atom stereocenters. The summed E-state index contributed by atoms with van der Waals surface area (Å²) in [6.45, 7) is 2.63. The van der Waals surface area contributed by atoms with Gasteiger partial charge in [0.15, 0.2) is 0 Å². The van der Waals surface area contributed by atoms with Crippen LogP contribution in [0.5, 0.6) is 0 Å². The second kappa shape index (κ2) is 8.16. The van der Waals surface area contributed by atoms with Crippen molar-refractivity contribution >= 4 is 10.1 Å². The third kappa shape index (κ3) is 12.8. The zero-order valence-corrected chi connectivity index (χ0v) is 10.9. The SMILES string of the molecule is CCCN(O)CCCS(=O)(=O)[O-].[Na+]. The van der Waals surface area contributed by atoms with Gasteiger partial charge in [-0.3, -0.25) is 0 Å². The maximum absolute atomic E-state index is 10.1. The van der Waals surface area contributed by atoms with E-state index in [1.165, 1.54) is 0 Å². The quantitative estimate of drug-likeness (QED) is 0.293. The Morgan fingerprint density at radius 1 is 1.38 bits per heavy atom. The predicted octanol–water partition coefficient (Wildman–Crippen LogP) is -2.97. The molecule has 0 heterocycles. The van der Waals surface area contributed by atoms with E-state index in [0.717, 1.165) is 11.5 Å². The van der Waals surface area contributed by atoms with Gasteiger partial charge in [-0.1, -0.05) is 6.92 Å². The van der Waals surface area contributed by atoms with Gasteiger partial charge in [0.1, 0.15) is 0 Å². The van der Waals surface area contributed by atoms with E-state index in [0.29, 0.717) is 6.54 Å². The summed E-state index contributed by atoms with van der Waals surface area (Å²) < 4.78 is 30.3. The van der Waals surface area contributed by atoms with E-state index >= 15 is 0 Å². The Kier molecular flexibility index (Phi) is 10.2. The molecule has 0 saturated heterocycles. The van der Waals surface area contributed by atoms with Gasteiger partial charge in [-0.05, 0) is 12.8 Å². The number of hydrogen-bond donors (Lipinski definition) is 1. The van der Waals surface area contributed by atoms with Gasteiger partial charge < -0.3 is 9.76 Å². The zero-order chi connectivity index (χ0) is 9.61. The minimum absolute atomic E-state index is 0. The van der Waals surface area contributed by atoms with Gasteiger partial charge in [0.25, 0.3) is 0 Å². The Labute approximate surface area is 101 Å². The molecule has 0 bridgehead atoms. The van der Waals surface area contributed by atoms with Gasteiger partial charge in [0, 0.05) is 18.8 Å². The number of hydroxylamine groups is 2. The van der Waals surface area contributed by atoms with Crippen LogP contribution >= 0.6 is 0 Å². The standard InChI is InChI=1S/C6H15NO4S.Na/c1-2-4-7(8)5-3-6-12(9,10)11;/h8H,2-6H2,1H3,(H,9,10,11);/q;+1/p-1. The van der Waals surface area contributed by atoms with E-state index in [-0.39, 0.29) is 42.5 Å². The Balaban J connectivity index is 0. The fourth-order valence-corrected chi connectivity index (χ4v) is 1.28. The van der Waals surface area contributed by atoms with E-state index in [9.17, 15) is 13.0 Å². The predicted molar refractivity (Wildman–Crippen MR) is 42.8 cm³/mol. The normalized spacial score (nSPS) is 11.4. The third-order valence-electron chi connectivity index (χ3n) is 1.29. The first kappa shape index (κ1) is 16.3. The molecule has 0 aliphatic carbocycles. The summed E-state index contributed by atoms with van der Waals surface area (Å²) in [5, 5.41) is 10.0. The Morgan fingerprint density at radius 2 is 1.92 bits per heavy atom. The molecule has 0 aromatic carbocycles. The summed E-state index contributed by atoms with van der Waals surface area (Å²) in [5.74, 6) is -0.409. The van der Waals surface area contributed by atoms with Crippen LogP contribution in [-0.2, 0) is 10.1 Å². The van der Waals surface area contributed by atoms with Gasteiger partial charge in [0.05, 0.1) is 10.1 Å². The summed E-state index contributed by atoms with van der Waals surface area (Å²) in [6, 6.07) is 0. The average molecular weight is 219 g/mol. The van der Waals surface area contributed by atoms with Crippen LogP contribution in [0.25, 0.3) is 0 Å². The van der Waals surface area contributed by atoms with Crippen LogP contribution < -0.4 is 29.6 Å². The van der Waals surface area contributed by atoms with E-state index in [2.05, 4.69) is 0 Å². The molecule has 0 radical (unpaired) electrons. The Hall–Kier alpha value is 0.830. The van der Waals surface area contributed by atoms with E-state index < -0.39 is 15.9 Å². The van der Waals surface area contributed by atoms with Gasteiger partial charge in [-0.15, -0.1) is 0 Å². The average Bonchev–Trinajstić information content (AvgIpc) is 1.84. The molecule has 0 aromatic heterocycles. The summed E-state index contributed by atoms with van der Waals surface area (Å²) >= 11 is 0. The topological polar surface area (TPSA) is 80.7 Å². The molecule has 13 heavy (non-hydrogen) atoms. The maximum atomic E-state index is 10.1. The monoisotopic (exact) mass is 219 g/mol. The van der Waals surface area contributed by atoms with Gasteiger partial charge in [-0.2, -0.15) is 5.06 Å². The molecular weight excluding hydrogens is 205 g/mol. The van der Waals surface area contributed by atoms with Crippen molar-refractivity contribution in [2.24, 2.45) is 0 Å². The van der Waals surface area contributed by atoms with Crippen molar-refractivity contribution < 1.29 is 47.7 Å². The van der Waals surface area contributed by atoms with Crippen LogP contribution in [0.1, 0.15) is 19.8 Å². The molecule has 0 aliphatic heterocycles. The van der Waals surface area contributed by atoms with Crippen LogP contribution in [0.3, 0.4) is 0 Å². The van der Waals surface area contributed by atoms with Crippen LogP contribution in [0, 0.1) is 0 Å². The summed E-state index contributed by atoms with van der Waals surface area (Å²) in [4.78, 5) is 0. The second-order valence-corrected chi connectivity index (χ2v) is 4.09. The molecule has 0 amide bonds. The van der Waals surface area contributed by atoms with E-state index in [4.69, 9.17) is 5.21 Å². The summed E-state index contributed by atoms with van der Waals surface area (Å²) in [5.41, 5.74) is 0. The molecule has 74 valence electrons. The molecule has 0 aliphatic rings. The molecule has 0 spiro atoms. The number of nitrogens with zero attached hydrogens (tertiary/aromatic N) is 1. The van der Waals surface area contributed by atoms with E-state index in [1.807, 2.05) is 6.92 Å². The van der Waals surface area contributed by atoms with Crippen molar-refractivity contribution in [2.75, 3.05) is 18.8 Å². The van der Waals surface area contributed by atoms with Gasteiger partial charge in [0.2, 0.25) is 0 Å². The Bertz CT molecular complexity index is 207. The molecule has 5 nitrogen and oxygen atoms in total. The molecule has 7 heteroatoms. The third-order valence-corrected chi connectivity index (χ3v) is 2.08. The van der Waals surface area contributed by atoms with Crippen molar-refractivity contribution in [3.8, 4) is 0 Å². The molecule has 1 N–H and O–H groups in total.